The van der Waals surface area contributed by atoms with Gasteiger partial charge in [-0.3, -0.25) is 14.5 Å². The highest BCUT2D eigenvalue weighted by atomic mass is 35.5. The average Bonchev–Trinajstić information content (AvgIpc) is 2.97. The summed E-state index contributed by atoms with van der Waals surface area (Å²) < 4.78 is 16.1. The van der Waals surface area contributed by atoms with E-state index in [1.807, 2.05) is 0 Å². The highest BCUT2D eigenvalue weighted by Gasteiger charge is 2.35. The summed E-state index contributed by atoms with van der Waals surface area (Å²) >= 11 is 6.72. The molecule has 2 aromatic carbocycles. The molecule has 2 aromatic rings. The summed E-state index contributed by atoms with van der Waals surface area (Å²) in [5, 5.41) is 0.279. The van der Waals surface area contributed by atoms with Gasteiger partial charge in [0.25, 0.3) is 11.1 Å². The largest absolute Gasteiger partial charge is 0.497 e. The lowest BCUT2D eigenvalue weighted by molar-refractivity contribution is -0.123. The summed E-state index contributed by atoms with van der Waals surface area (Å²) in [7, 11) is 3.10. The molecule has 1 fully saturated rings. The zero-order chi connectivity index (χ0) is 20.1. The molecule has 0 atom stereocenters. The van der Waals surface area contributed by atoms with E-state index in [-0.39, 0.29) is 24.3 Å². The quantitative estimate of drug-likeness (QED) is 0.617. The number of thioether (sulfide) groups is 1. The maximum Gasteiger partial charge on any atom is 0.293 e. The van der Waals surface area contributed by atoms with E-state index in [0.29, 0.717) is 32.7 Å². The molecule has 0 radical (unpaired) electrons. The van der Waals surface area contributed by atoms with Gasteiger partial charge in [-0.15, -0.1) is 0 Å². The monoisotopic (exact) mass is 419 g/mol. The molecule has 0 spiro atoms. The zero-order valence-electron chi connectivity index (χ0n) is 15.3. The van der Waals surface area contributed by atoms with Crippen molar-refractivity contribution >= 4 is 40.6 Å². The van der Waals surface area contributed by atoms with Gasteiger partial charge in [0.15, 0.2) is 0 Å². The SMILES string of the molecule is COc1ccc(/C=C2\SC(=O)N(CCOc3ccc(Cl)cc3)C2=O)c(OC)c1. The van der Waals surface area contributed by atoms with Crippen molar-refractivity contribution in [3.8, 4) is 17.2 Å². The Bertz CT molecular complexity index is 913. The molecule has 28 heavy (non-hydrogen) atoms. The zero-order valence-corrected chi connectivity index (χ0v) is 16.9. The lowest BCUT2D eigenvalue weighted by Crippen LogP contribution is -2.32. The minimum Gasteiger partial charge on any atom is -0.497 e. The van der Waals surface area contributed by atoms with Crippen molar-refractivity contribution in [3.63, 3.8) is 0 Å². The van der Waals surface area contributed by atoms with Gasteiger partial charge in [0, 0.05) is 16.7 Å². The molecule has 3 rings (SSSR count). The molecule has 1 heterocycles. The van der Waals surface area contributed by atoms with Crippen molar-refractivity contribution in [1.29, 1.82) is 0 Å². The van der Waals surface area contributed by atoms with Crippen molar-refractivity contribution < 1.29 is 23.8 Å². The van der Waals surface area contributed by atoms with E-state index in [2.05, 4.69) is 0 Å². The van der Waals surface area contributed by atoms with Crippen molar-refractivity contribution in [1.82, 2.24) is 4.90 Å². The van der Waals surface area contributed by atoms with Gasteiger partial charge in [0.1, 0.15) is 23.9 Å². The van der Waals surface area contributed by atoms with Gasteiger partial charge in [0.05, 0.1) is 25.7 Å². The highest BCUT2D eigenvalue weighted by molar-refractivity contribution is 8.18. The van der Waals surface area contributed by atoms with E-state index in [9.17, 15) is 9.59 Å². The molecule has 8 heteroatoms. The standard InChI is InChI=1S/C20H18ClNO5S/c1-25-16-6-3-13(17(12-16)26-2)11-18-19(23)22(20(24)28-18)9-10-27-15-7-4-14(21)5-8-15/h3-8,11-12H,9-10H2,1-2H3/b18-11-. The van der Waals surface area contributed by atoms with Crippen LogP contribution in [0.1, 0.15) is 5.56 Å². The Morgan fingerprint density at radius 3 is 2.43 bits per heavy atom. The van der Waals surface area contributed by atoms with Crippen LogP contribution >= 0.6 is 23.4 Å². The van der Waals surface area contributed by atoms with E-state index < -0.39 is 0 Å². The fourth-order valence-electron chi connectivity index (χ4n) is 2.56. The number of carbonyl (C=O) groups is 2. The van der Waals surface area contributed by atoms with Crippen LogP contribution in [0.2, 0.25) is 5.02 Å². The number of nitrogens with zero attached hydrogens (tertiary/aromatic N) is 1. The van der Waals surface area contributed by atoms with Crippen LogP contribution in [0.4, 0.5) is 4.79 Å². The van der Waals surface area contributed by atoms with E-state index in [0.717, 1.165) is 11.8 Å². The van der Waals surface area contributed by atoms with Gasteiger partial charge in [-0.1, -0.05) is 11.6 Å². The number of halogens is 1. The maximum absolute atomic E-state index is 12.6. The first-order valence-electron chi connectivity index (χ1n) is 8.37. The maximum atomic E-state index is 12.6. The molecule has 1 saturated heterocycles. The number of methoxy groups -OCH3 is 2. The lowest BCUT2D eigenvalue weighted by atomic mass is 10.1. The smallest absolute Gasteiger partial charge is 0.293 e. The van der Waals surface area contributed by atoms with Crippen LogP contribution in [0, 0.1) is 0 Å². The third-order valence-corrected chi connectivity index (χ3v) is 5.16. The molecule has 0 bridgehead atoms. The van der Waals surface area contributed by atoms with Gasteiger partial charge >= 0.3 is 0 Å². The minimum absolute atomic E-state index is 0.157. The van der Waals surface area contributed by atoms with Gasteiger partial charge in [-0.2, -0.15) is 0 Å². The molecular weight excluding hydrogens is 402 g/mol. The average molecular weight is 420 g/mol. The molecule has 0 saturated carbocycles. The fraction of sp³-hybridized carbons (Fsp3) is 0.200. The van der Waals surface area contributed by atoms with E-state index >= 15 is 0 Å². The Balaban J connectivity index is 1.67. The molecule has 0 N–H and O–H groups in total. The summed E-state index contributed by atoms with van der Waals surface area (Å²) in [5.74, 6) is 1.46. The Hall–Kier alpha value is -2.64. The number of hydrogen-bond donors (Lipinski definition) is 0. The van der Waals surface area contributed by atoms with Crippen LogP contribution in [0.25, 0.3) is 6.08 Å². The van der Waals surface area contributed by atoms with Crippen LogP contribution in [-0.4, -0.2) is 43.4 Å². The molecule has 0 aliphatic carbocycles. The summed E-state index contributed by atoms with van der Waals surface area (Å²) in [6.07, 6.45) is 1.64. The number of benzene rings is 2. The number of imide groups is 1. The van der Waals surface area contributed by atoms with E-state index in [1.54, 1.807) is 55.7 Å². The third-order valence-electron chi connectivity index (χ3n) is 4.00. The second-order valence-corrected chi connectivity index (χ2v) is 7.17. The van der Waals surface area contributed by atoms with Gasteiger partial charge < -0.3 is 14.2 Å². The van der Waals surface area contributed by atoms with Crippen molar-refractivity contribution in [2.75, 3.05) is 27.4 Å². The molecule has 0 aromatic heterocycles. The Labute approximate surface area is 172 Å². The van der Waals surface area contributed by atoms with Crippen molar-refractivity contribution in [2.24, 2.45) is 0 Å². The lowest BCUT2D eigenvalue weighted by Gasteiger charge is -2.13. The molecule has 6 nitrogen and oxygen atoms in total. The van der Waals surface area contributed by atoms with Crippen LogP contribution in [0.5, 0.6) is 17.2 Å². The predicted molar refractivity (Wildman–Crippen MR) is 109 cm³/mol. The van der Waals surface area contributed by atoms with Crippen LogP contribution in [-0.2, 0) is 4.79 Å². The number of rotatable bonds is 7. The molecule has 2 amide bonds. The normalized spacial score (nSPS) is 15.2. The van der Waals surface area contributed by atoms with Crippen molar-refractivity contribution in [3.05, 3.63) is 58.0 Å². The molecule has 1 aliphatic heterocycles. The fourth-order valence-corrected chi connectivity index (χ4v) is 3.54. The summed E-state index contributed by atoms with van der Waals surface area (Å²) in [4.78, 5) is 26.3. The predicted octanol–water partition coefficient (Wildman–Crippen LogP) is 4.47. The first-order chi connectivity index (χ1) is 13.5. The van der Waals surface area contributed by atoms with Crippen LogP contribution in [0.3, 0.4) is 0 Å². The summed E-state index contributed by atoms with van der Waals surface area (Å²) in [6, 6.07) is 12.1. The molecule has 146 valence electrons. The first kappa shape index (κ1) is 20.1. The van der Waals surface area contributed by atoms with E-state index in [1.165, 1.54) is 12.0 Å². The second kappa shape index (κ2) is 9.03. The van der Waals surface area contributed by atoms with E-state index in [4.69, 9.17) is 25.8 Å². The number of ether oxygens (including phenoxy) is 3. The molecule has 1 aliphatic rings. The van der Waals surface area contributed by atoms with Crippen LogP contribution in [0.15, 0.2) is 47.4 Å². The minimum atomic E-state index is -0.354. The third kappa shape index (κ3) is 4.61. The molecular formula is C20H18ClNO5S. The number of amides is 2. The second-order valence-electron chi connectivity index (χ2n) is 5.74. The Morgan fingerprint density at radius 2 is 1.75 bits per heavy atom. The topological polar surface area (TPSA) is 65.1 Å². The van der Waals surface area contributed by atoms with Crippen LogP contribution < -0.4 is 14.2 Å². The first-order valence-corrected chi connectivity index (χ1v) is 9.57. The molecule has 0 unspecified atom stereocenters. The number of carbonyl (C=O) groups excluding carboxylic acids is 2. The highest BCUT2D eigenvalue weighted by Crippen LogP contribution is 2.34. The van der Waals surface area contributed by atoms with Gasteiger partial charge in [0.2, 0.25) is 0 Å². The Morgan fingerprint density at radius 1 is 1.04 bits per heavy atom. The van der Waals surface area contributed by atoms with Gasteiger partial charge in [-0.05, 0) is 54.2 Å². The van der Waals surface area contributed by atoms with Gasteiger partial charge in [-0.25, -0.2) is 0 Å². The number of hydrogen-bond acceptors (Lipinski definition) is 6. The summed E-state index contributed by atoms with van der Waals surface area (Å²) in [5.41, 5.74) is 0.686. The van der Waals surface area contributed by atoms with Crippen molar-refractivity contribution in [2.45, 2.75) is 0 Å². The Kier molecular flexibility index (Phi) is 6.49. The summed E-state index contributed by atoms with van der Waals surface area (Å²) in [6.45, 7) is 0.350.